The lowest BCUT2D eigenvalue weighted by atomic mass is 9.80. The van der Waals surface area contributed by atoms with Crippen molar-refractivity contribution in [2.75, 3.05) is 0 Å². The van der Waals surface area contributed by atoms with Crippen molar-refractivity contribution in [3.8, 4) is 23.0 Å². The average molecular weight is 328 g/mol. The highest BCUT2D eigenvalue weighted by molar-refractivity contribution is 6.32. The number of aryl methyl sites for hydroxylation is 1. The molecular formula is C18H16O6. The van der Waals surface area contributed by atoms with Crippen LogP contribution in [0, 0.1) is 0 Å². The van der Waals surface area contributed by atoms with E-state index in [1.807, 2.05) is 6.92 Å². The zero-order chi connectivity index (χ0) is 17.6. The van der Waals surface area contributed by atoms with E-state index in [1.54, 1.807) is 0 Å². The summed E-state index contributed by atoms with van der Waals surface area (Å²) >= 11 is 0. The summed E-state index contributed by atoms with van der Waals surface area (Å²) in [6.45, 7) is 1.96. The van der Waals surface area contributed by atoms with E-state index in [0.29, 0.717) is 12.0 Å². The van der Waals surface area contributed by atoms with Crippen molar-refractivity contribution in [3.63, 3.8) is 0 Å². The van der Waals surface area contributed by atoms with Crippen molar-refractivity contribution in [2.24, 2.45) is 0 Å². The Morgan fingerprint density at radius 1 is 0.792 bits per heavy atom. The van der Waals surface area contributed by atoms with Crippen molar-refractivity contribution < 1.29 is 30.0 Å². The first-order valence-electron chi connectivity index (χ1n) is 7.60. The molecule has 0 aromatic heterocycles. The number of ketones is 2. The van der Waals surface area contributed by atoms with E-state index >= 15 is 0 Å². The van der Waals surface area contributed by atoms with Gasteiger partial charge in [0, 0.05) is 0 Å². The molecule has 0 fully saturated rings. The molecule has 4 N–H and O–H groups in total. The lowest BCUT2D eigenvalue weighted by Crippen LogP contribution is -2.22. The minimum Gasteiger partial charge on any atom is -0.507 e. The molecule has 124 valence electrons. The zero-order valence-corrected chi connectivity index (χ0v) is 13.0. The zero-order valence-electron chi connectivity index (χ0n) is 13.0. The summed E-state index contributed by atoms with van der Waals surface area (Å²) in [5.41, 5.74) is -1.07. The van der Waals surface area contributed by atoms with Gasteiger partial charge in [-0.1, -0.05) is 13.3 Å². The summed E-state index contributed by atoms with van der Waals surface area (Å²) in [5.74, 6) is -3.36. The second kappa shape index (κ2) is 5.56. The van der Waals surface area contributed by atoms with Crippen LogP contribution in [0.3, 0.4) is 0 Å². The minimum atomic E-state index is -0.817. The molecule has 0 aliphatic heterocycles. The number of carbonyl (C=O) groups excluding carboxylic acids is 2. The summed E-state index contributed by atoms with van der Waals surface area (Å²) in [4.78, 5) is 25.4. The molecule has 6 heteroatoms. The first-order valence-corrected chi connectivity index (χ1v) is 7.60. The number of benzene rings is 2. The predicted octanol–water partition coefficient (Wildman–Crippen LogP) is 2.63. The van der Waals surface area contributed by atoms with Crippen LogP contribution in [0.15, 0.2) is 18.2 Å². The summed E-state index contributed by atoms with van der Waals surface area (Å²) in [6, 6.07) is 3.46. The topological polar surface area (TPSA) is 115 Å². The third kappa shape index (κ3) is 2.11. The van der Waals surface area contributed by atoms with E-state index in [2.05, 4.69) is 0 Å². The van der Waals surface area contributed by atoms with Crippen LogP contribution in [0.2, 0.25) is 0 Å². The lowest BCUT2D eigenvalue weighted by Gasteiger charge is -2.22. The molecule has 0 saturated heterocycles. The molecular weight excluding hydrogens is 312 g/mol. The number of carbonyl (C=O) groups is 2. The van der Waals surface area contributed by atoms with Crippen LogP contribution in [0.25, 0.3) is 0 Å². The smallest absolute Gasteiger partial charge is 0.202 e. The Balaban J connectivity index is 2.31. The van der Waals surface area contributed by atoms with Crippen LogP contribution in [-0.4, -0.2) is 32.0 Å². The average Bonchev–Trinajstić information content (AvgIpc) is 2.54. The molecule has 0 bridgehead atoms. The predicted molar refractivity (Wildman–Crippen MR) is 85.0 cm³/mol. The van der Waals surface area contributed by atoms with Gasteiger partial charge in [0.1, 0.15) is 23.0 Å². The fourth-order valence-corrected chi connectivity index (χ4v) is 3.01. The number of unbranched alkanes of at least 4 members (excludes halogenated alkanes) is 1. The highest BCUT2D eigenvalue weighted by Gasteiger charge is 2.39. The number of aromatic hydroxyl groups is 4. The van der Waals surface area contributed by atoms with Crippen LogP contribution in [-0.2, 0) is 6.42 Å². The second-order valence-corrected chi connectivity index (χ2v) is 5.77. The van der Waals surface area contributed by atoms with Crippen molar-refractivity contribution >= 4 is 11.6 Å². The fraction of sp³-hybridized carbons (Fsp3) is 0.222. The van der Waals surface area contributed by atoms with E-state index in [1.165, 1.54) is 6.07 Å². The van der Waals surface area contributed by atoms with Gasteiger partial charge in [-0.25, -0.2) is 0 Å². The largest absolute Gasteiger partial charge is 0.507 e. The minimum absolute atomic E-state index is 0.334. The summed E-state index contributed by atoms with van der Waals surface area (Å²) in [6.07, 6.45) is 2.02. The number of phenols is 4. The fourth-order valence-electron chi connectivity index (χ4n) is 3.01. The molecule has 0 atom stereocenters. The van der Waals surface area contributed by atoms with Gasteiger partial charge in [0.2, 0.25) is 11.6 Å². The molecule has 2 aromatic rings. The summed E-state index contributed by atoms with van der Waals surface area (Å²) < 4.78 is 0. The Labute approximate surface area is 137 Å². The van der Waals surface area contributed by atoms with Gasteiger partial charge in [-0.05, 0) is 36.6 Å². The molecule has 6 nitrogen and oxygen atoms in total. The molecule has 1 aliphatic carbocycles. The van der Waals surface area contributed by atoms with E-state index in [0.717, 1.165) is 25.0 Å². The maximum atomic E-state index is 12.7. The number of hydrogen-bond donors (Lipinski definition) is 4. The first kappa shape index (κ1) is 15.9. The Morgan fingerprint density at radius 3 is 1.83 bits per heavy atom. The van der Waals surface area contributed by atoms with Crippen LogP contribution < -0.4 is 0 Å². The van der Waals surface area contributed by atoms with Crippen molar-refractivity contribution in [3.05, 3.63) is 46.0 Å². The van der Waals surface area contributed by atoms with E-state index in [-0.39, 0.29) is 28.0 Å². The highest BCUT2D eigenvalue weighted by atomic mass is 16.3. The maximum absolute atomic E-state index is 12.7. The molecule has 3 rings (SSSR count). The van der Waals surface area contributed by atoms with Crippen molar-refractivity contribution in [1.29, 1.82) is 0 Å². The van der Waals surface area contributed by atoms with Crippen LogP contribution in [0.1, 0.15) is 57.2 Å². The Hall–Kier alpha value is -3.02. The Morgan fingerprint density at radius 2 is 1.29 bits per heavy atom. The normalized spacial score (nSPS) is 12.9. The molecule has 0 spiro atoms. The van der Waals surface area contributed by atoms with Gasteiger partial charge in [0.05, 0.1) is 22.3 Å². The van der Waals surface area contributed by atoms with Crippen molar-refractivity contribution in [1.82, 2.24) is 0 Å². The van der Waals surface area contributed by atoms with Gasteiger partial charge >= 0.3 is 0 Å². The molecule has 0 heterocycles. The summed E-state index contributed by atoms with van der Waals surface area (Å²) in [7, 11) is 0. The summed E-state index contributed by atoms with van der Waals surface area (Å²) in [5, 5.41) is 40.5. The first-order chi connectivity index (χ1) is 11.4. The van der Waals surface area contributed by atoms with Gasteiger partial charge in [-0.3, -0.25) is 9.59 Å². The maximum Gasteiger partial charge on any atom is 0.202 e. The van der Waals surface area contributed by atoms with Gasteiger partial charge < -0.3 is 20.4 Å². The standard InChI is InChI=1S/C18H16O6/c1-2-3-4-8-7-11(21)14-15(16(8)22)18(24)13-10(20)6-5-9(19)12(13)17(14)23/h5-7,19-22H,2-4H2,1H3. The van der Waals surface area contributed by atoms with Gasteiger partial charge in [0.15, 0.2) is 0 Å². The molecule has 24 heavy (non-hydrogen) atoms. The van der Waals surface area contributed by atoms with E-state index in [4.69, 9.17) is 0 Å². The molecule has 0 amide bonds. The highest BCUT2D eigenvalue weighted by Crippen LogP contribution is 2.44. The number of fused-ring (bicyclic) bond motifs is 2. The van der Waals surface area contributed by atoms with E-state index in [9.17, 15) is 30.0 Å². The third-order valence-corrected chi connectivity index (χ3v) is 4.23. The Kier molecular flexibility index (Phi) is 3.67. The van der Waals surface area contributed by atoms with Crippen LogP contribution in [0.5, 0.6) is 23.0 Å². The molecule has 0 saturated carbocycles. The third-order valence-electron chi connectivity index (χ3n) is 4.23. The number of hydrogen-bond acceptors (Lipinski definition) is 6. The van der Waals surface area contributed by atoms with Crippen LogP contribution in [0.4, 0.5) is 0 Å². The number of phenolic OH excluding ortho intramolecular Hbond substituents is 4. The second-order valence-electron chi connectivity index (χ2n) is 5.77. The molecule has 0 radical (unpaired) electrons. The van der Waals surface area contributed by atoms with Gasteiger partial charge in [-0.15, -0.1) is 0 Å². The van der Waals surface area contributed by atoms with Crippen LogP contribution >= 0.6 is 0 Å². The lowest BCUT2D eigenvalue weighted by molar-refractivity contribution is 0.0969. The Bertz CT molecular complexity index is 882. The quantitative estimate of drug-likeness (QED) is 0.549. The SMILES string of the molecule is CCCCc1cc(O)c2c(c1O)C(=O)c1c(O)ccc(O)c1C2=O. The monoisotopic (exact) mass is 328 g/mol. The molecule has 1 aliphatic rings. The van der Waals surface area contributed by atoms with Crippen molar-refractivity contribution in [2.45, 2.75) is 26.2 Å². The van der Waals surface area contributed by atoms with Gasteiger partial charge in [-0.2, -0.15) is 0 Å². The number of rotatable bonds is 3. The van der Waals surface area contributed by atoms with E-state index < -0.39 is 28.8 Å². The molecule has 0 unspecified atom stereocenters. The van der Waals surface area contributed by atoms with Gasteiger partial charge in [0.25, 0.3) is 0 Å². The molecule has 2 aromatic carbocycles.